The molecule has 6 heteroatoms. The number of hydrogen-bond acceptors (Lipinski definition) is 5. The van der Waals surface area contributed by atoms with Crippen LogP contribution in [0.25, 0.3) is 10.9 Å². The summed E-state index contributed by atoms with van der Waals surface area (Å²) in [5.74, 6) is 0.0536. The first-order chi connectivity index (χ1) is 11.8. The molecular weight excluding hydrogens is 316 g/mol. The molecule has 0 aliphatic carbocycles. The summed E-state index contributed by atoms with van der Waals surface area (Å²) in [6.45, 7) is 8.30. The van der Waals surface area contributed by atoms with Crippen molar-refractivity contribution in [1.82, 2.24) is 20.2 Å². The number of ether oxygens (including phenoxy) is 1. The first-order valence-corrected chi connectivity index (χ1v) is 8.65. The molecule has 25 heavy (non-hydrogen) atoms. The number of fused-ring (bicyclic) bond motifs is 1. The third kappa shape index (κ3) is 3.18. The fraction of sp³-hybridized carbons (Fsp3) is 0.526. The van der Waals surface area contributed by atoms with Crippen LogP contribution in [0.1, 0.15) is 45.7 Å². The second-order valence-corrected chi connectivity index (χ2v) is 7.65. The zero-order valence-electron chi connectivity index (χ0n) is 15.5. The van der Waals surface area contributed by atoms with Crippen LogP contribution in [0.3, 0.4) is 0 Å². The van der Waals surface area contributed by atoms with E-state index in [0.717, 1.165) is 23.0 Å². The van der Waals surface area contributed by atoms with Crippen LogP contribution in [0.15, 0.2) is 30.6 Å². The van der Waals surface area contributed by atoms with E-state index in [1.807, 2.05) is 59.0 Å². The Morgan fingerprint density at radius 3 is 2.72 bits per heavy atom. The van der Waals surface area contributed by atoms with E-state index >= 15 is 0 Å². The van der Waals surface area contributed by atoms with E-state index < -0.39 is 11.3 Å². The molecule has 0 saturated carbocycles. The van der Waals surface area contributed by atoms with Crippen molar-refractivity contribution in [2.75, 3.05) is 13.6 Å². The highest BCUT2D eigenvalue weighted by molar-refractivity contribution is 5.81. The highest BCUT2D eigenvalue weighted by Gasteiger charge is 2.49. The van der Waals surface area contributed by atoms with Crippen molar-refractivity contribution < 1.29 is 9.53 Å². The standard InChI is InChI=1S/C19H26N4O2/c1-18(2,3)25-17(24)23-11-10-14(19(23,4)20-5)16-13-8-6-7-9-15(13)21-12-22-16/h6-9,12,14,20H,10-11H2,1-5H3. The number of nitrogens with one attached hydrogen (secondary N) is 1. The van der Waals surface area contributed by atoms with Crippen molar-refractivity contribution in [3.63, 3.8) is 0 Å². The van der Waals surface area contributed by atoms with Crippen LogP contribution in [0.5, 0.6) is 0 Å². The Balaban J connectivity index is 1.99. The summed E-state index contributed by atoms with van der Waals surface area (Å²) in [7, 11) is 1.87. The lowest BCUT2D eigenvalue weighted by Crippen LogP contribution is -2.57. The van der Waals surface area contributed by atoms with Crippen LogP contribution in [0, 0.1) is 0 Å². The molecule has 3 rings (SSSR count). The van der Waals surface area contributed by atoms with Gasteiger partial charge in [-0.1, -0.05) is 18.2 Å². The van der Waals surface area contributed by atoms with Crippen molar-refractivity contribution >= 4 is 17.0 Å². The summed E-state index contributed by atoms with van der Waals surface area (Å²) in [5.41, 5.74) is 0.792. The Morgan fingerprint density at radius 2 is 2.04 bits per heavy atom. The molecule has 1 aromatic carbocycles. The molecule has 0 spiro atoms. The van der Waals surface area contributed by atoms with E-state index in [2.05, 4.69) is 15.3 Å². The van der Waals surface area contributed by atoms with Crippen molar-refractivity contribution in [3.05, 3.63) is 36.3 Å². The second-order valence-electron chi connectivity index (χ2n) is 7.65. The third-order valence-electron chi connectivity index (χ3n) is 4.90. The quantitative estimate of drug-likeness (QED) is 0.907. The predicted octanol–water partition coefficient (Wildman–Crippen LogP) is 3.29. The Kier molecular flexibility index (Phi) is 4.41. The zero-order valence-corrected chi connectivity index (χ0v) is 15.5. The first-order valence-electron chi connectivity index (χ1n) is 8.65. The van der Waals surface area contributed by atoms with Crippen molar-refractivity contribution in [2.24, 2.45) is 0 Å². The van der Waals surface area contributed by atoms with Crippen LogP contribution in [0.2, 0.25) is 0 Å². The molecule has 6 nitrogen and oxygen atoms in total. The molecular formula is C19H26N4O2. The van der Waals surface area contributed by atoms with Gasteiger partial charge in [-0.2, -0.15) is 0 Å². The van der Waals surface area contributed by atoms with Gasteiger partial charge in [0.15, 0.2) is 0 Å². The second kappa shape index (κ2) is 6.26. The number of rotatable bonds is 2. The van der Waals surface area contributed by atoms with E-state index in [1.54, 1.807) is 11.2 Å². The van der Waals surface area contributed by atoms with Crippen molar-refractivity contribution in [2.45, 2.75) is 51.3 Å². The predicted molar refractivity (Wildman–Crippen MR) is 97.3 cm³/mol. The molecule has 1 N–H and O–H groups in total. The van der Waals surface area contributed by atoms with Gasteiger partial charge in [-0.05, 0) is 47.2 Å². The van der Waals surface area contributed by atoms with Gasteiger partial charge in [0, 0.05) is 17.8 Å². The van der Waals surface area contributed by atoms with Crippen LogP contribution in [-0.4, -0.2) is 45.8 Å². The normalized spacial score (nSPS) is 23.9. The lowest BCUT2D eigenvalue weighted by molar-refractivity contribution is 0.00381. The van der Waals surface area contributed by atoms with Gasteiger partial charge in [-0.25, -0.2) is 14.8 Å². The smallest absolute Gasteiger partial charge is 0.411 e. The number of hydrogen-bond donors (Lipinski definition) is 1. The van der Waals surface area contributed by atoms with Gasteiger partial charge in [0.1, 0.15) is 17.6 Å². The van der Waals surface area contributed by atoms with E-state index in [-0.39, 0.29) is 12.0 Å². The van der Waals surface area contributed by atoms with E-state index in [9.17, 15) is 4.79 Å². The monoisotopic (exact) mass is 342 g/mol. The topological polar surface area (TPSA) is 67.4 Å². The molecule has 1 amide bonds. The Labute approximate surface area is 148 Å². The fourth-order valence-electron chi connectivity index (χ4n) is 3.57. The largest absolute Gasteiger partial charge is 0.444 e. The SMILES string of the molecule is CNC1(C)C(c2ncnc3ccccc23)CCN1C(=O)OC(C)(C)C. The summed E-state index contributed by atoms with van der Waals surface area (Å²) in [5, 5.41) is 4.37. The summed E-state index contributed by atoms with van der Waals surface area (Å²) < 4.78 is 5.60. The highest BCUT2D eigenvalue weighted by atomic mass is 16.6. The van der Waals surface area contributed by atoms with Crippen LogP contribution < -0.4 is 5.32 Å². The molecule has 1 saturated heterocycles. The lowest BCUT2D eigenvalue weighted by Gasteiger charge is -2.39. The molecule has 2 heterocycles. The summed E-state index contributed by atoms with van der Waals surface area (Å²) in [6.07, 6.45) is 2.12. The fourth-order valence-corrected chi connectivity index (χ4v) is 3.57. The maximum absolute atomic E-state index is 12.7. The molecule has 2 unspecified atom stereocenters. The van der Waals surface area contributed by atoms with Gasteiger partial charge in [0.2, 0.25) is 0 Å². The third-order valence-corrected chi connectivity index (χ3v) is 4.90. The zero-order chi connectivity index (χ0) is 18.2. The van der Waals surface area contributed by atoms with Gasteiger partial charge < -0.3 is 4.74 Å². The molecule has 1 fully saturated rings. The van der Waals surface area contributed by atoms with Gasteiger partial charge >= 0.3 is 6.09 Å². The van der Waals surface area contributed by atoms with E-state index in [4.69, 9.17) is 4.74 Å². The number of likely N-dealkylation sites (N-methyl/N-ethyl adjacent to an activating group) is 1. The number of para-hydroxylation sites is 1. The maximum Gasteiger partial charge on any atom is 0.411 e. The molecule has 0 radical (unpaired) electrons. The molecule has 1 aromatic heterocycles. The van der Waals surface area contributed by atoms with Crippen LogP contribution >= 0.6 is 0 Å². The van der Waals surface area contributed by atoms with Crippen molar-refractivity contribution in [3.8, 4) is 0 Å². The molecule has 1 aliphatic heterocycles. The van der Waals surface area contributed by atoms with Gasteiger partial charge in [0.25, 0.3) is 0 Å². The average molecular weight is 342 g/mol. The molecule has 134 valence electrons. The minimum atomic E-state index is -0.570. The van der Waals surface area contributed by atoms with Gasteiger partial charge in [0.05, 0.1) is 11.2 Å². The minimum Gasteiger partial charge on any atom is -0.444 e. The maximum atomic E-state index is 12.7. The number of aromatic nitrogens is 2. The lowest BCUT2D eigenvalue weighted by atomic mass is 9.89. The minimum absolute atomic E-state index is 0.0536. The number of amides is 1. The Hall–Kier alpha value is -2.21. The van der Waals surface area contributed by atoms with E-state index in [0.29, 0.717) is 6.54 Å². The molecule has 0 bridgehead atoms. The summed E-state index contributed by atoms with van der Waals surface area (Å²) in [6, 6.07) is 7.99. The number of benzene rings is 1. The van der Waals surface area contributed by atoms with Gasteiger partial charge in [-0.15, -0.1) is 0 Å². The van der Waals surface area contributed by atoms with Crippen LogP contribution in [0.4, 0.5) is 4.79 Å². The average Bonchev–Trinajstić information content (AvgIpc) is 2.90. The Bertz CT molecular complexity index is 781. The van der Waals surface area contributed by atoms with Crippen molar-refractivity contribution in [1.29, 1.82) is 0 Å². The van der Waals surface area contributed by atoms with Gasteiger partial charge in [-0.3, -0.25) is 10.2 Å². The summed E-state index contributed by atoms with van der Waals surface area (Å²) >= 11 is 0. The molecule has 1 aliphatic rings. The summed E-state index contributed by atoms with van der Waals surface area (Å²) in [4.78, 5) is 23.4. The molecule has 2 atom stereocenters. The number of likely N-dealkylation sites (tertiary alicyclic amines) is 1. The number of carbonyl (C=O) groups excluding carboxylic acids is 1. The number of carbonyl (C=O) groups is 1. The highest BCUT2D eigenvalue weighted by Crippen LogP contribution is 2.41. The van der Waals surface area contributed by atoms with Crippen LogP contribution in [-0.2, 0) is 4.74 Å². The number of nitrogens with zero attached hydrogens (tertiary/aromatic N) is 3. The first kappa shape index (κ1) is 17.6. The molecule has 2 aromatic rings. The Morgan fingerprint density at radius 1 is 1.32 bits per heavy atom. The van der Waals surface area contributed by atoms with E-state index in [1.165, 1.54) is 0 Å².